The second-order valence-corrected chi connectivity index (χ2v) is 6.98. The van der Waals surface area contributed by atoms with E-state index >= 15 is 0 Å². The SMILES string of the molecule is CCCCCCCCCCCCCCN1CCNCC1C. The van der Waals surface area contributed by atoms with Crippen molar-refractivity contribution in [1.82, 2.24) is 10.2 Å². The summed E-state index contributed by atoms with van der Waals surface area (Å²) in [6.45, 7) is 9.58. The minimum absolute atomic E-state index is 0.742. The third kappa shape index (κ3) is 10.3. The third-order valence-electron chi connectivity index (χ3n) is 4.94. The molecule has 126 valence electrons. The van der Waals surface area contributed by atoms with Gasteiger partial charge in [-0.15, -0.1) is 0 Å². The van der Waals surface area contributed by atoms with E-state index in [1.54, 1.807) is 0 Å². The zero-order valence-corrected chi connectivity index (χ0v) is 14.8. The van der Waals surface area contributed by atoms with Gasteiger partial charge in [0.05, 0.1) is 0 Å². The molecule has 0 saturated carbocycles. The van der Waals surface area contributed by atoms with E-state index in [2.05, 4.69) is 24.1 Å². The van der Waals surface area contributed by atoms with Gasteiger partial charge in [0.1, 0.15) is 0 Å². The van der Waals surface area contributed by atoms with Gasteiger partial charge >= 0.3 is 0 Å². The Balaban J connectivity index is 1.76. The minimum atomic E-state index is 0.742. The molecule has 1 unspecified atom stereocenters. The molecule has 1 heterocycles. The van der Waals surface area contributed by atoms with Crippen molar-refractivity contribution in [3.63, 3.8) is 0 Å². The lowest BCUT2D eigenvalue weighted by Crippen LogP contribution is -2.49. The van der Waals surface area contributed by atoms with Crippen LogP contribution in [0.3, 0.4) is 0 Å². The zero-order chi connectivity index (χ0) is 15.2. The fourth-order valence-corrected chi connectivity index (χ4v) is 3.37. The summed E-state index contributed by atoms with van der Waals surface area (Å²) in [5.41, 5.74) is 0. The van der Waals surface area contributed by atoms with Crippen molar-refractivity contribution < 1.29 is 0 Å². The van der Waals surface area contributed by atoms with Crippen LogP contribution in [0, 0.1) is 0 Å². The number of hydrogen-bond donors (Lipinski definition) is 1. The third-order valence-corrected chi connectivity index (χ3v) is 4.94. The summed E-state index contributed by atoms with van der Waals surface area (Å²) < 4.78 is 0. The van der Waals surface area contributed by atoms with E-state index in [1.807, 2.05) is 0 Å². The summed E-state index contributed by atoms with van der Waals surface area (Å²) in [6.07, 6.45) is 17.4. The maximum absolute atomic E-state index is 3.47. The van der Waals surface area contributed by atoms with Crippen LogP contribution in [0.4, 0.5) is 0 Å². The molecule has 0 aromatic heterocycles. The van der Waals surface area contributed by atoms with E-state index in [0.29, 0.717) is 0 Å². The molecule has 2 heteroatoms. The maximum atomic E-state index is 3.47. The molecule has 2 nitrogen and oxygen atoms in total. The van der Waals surface area contributed by atoms with Crippen LogP contribution >= 0.6 is 0 Å². The molecule has 1 rings (SSSR count). The molecule has 0 bridgehead atoms. The largest absolute Gasteiger partial charge is 0.314 e. The predicted molar refractivity (Wildman–Crippen MR) is 95.0 cm³/mol. The van der Waals surface area contributed by atoms with Crippen molar-refractivity contribution in [1.29, 1.82) is 0 Å². The number of rotatable bonds is 13. The Bertz CT molecular complexity index is 218. The number of piperazine rings is 1. The smallest absolute Gasteiger partial charge is 0.0192 e. The first-order valence-electron chi connectivity index (χ1n) is 9.79. The number of hydrogen-bond acceptors (Lipinski definition) is 2. The summed E-state index contributed by atoms with van der Waals surface area (Å²) in [4.78, 5) is 2.66. The summed E-state index contributed by atoms with van der Waals surface area (Å²) in [5, 5.41) is 3.47. The van der Waals surface area contributed by atoms with Crippen LogP contribution in [0.15, 0.2) is 0 Å². The molecule has 0 spiro atoms. The topological polar surface area (TPSA) is 15.3 Å². The lowest BCUT2D eigenvalue weighted by molar-refractivity contribution is 0.170. The van der Waals surface area contributed by atoms with Crippen molar-refractivity contribution in [2.45, 2.75) is 96.9 Å². The average molecular weight is 297 g/mol. The van der Waals surface area contributed by atoms with Gasteiger partial charge in [0, 0.05) is 25.7 Å². The average Bonchev–Trinajstić information content (AvgIpc) is 2.50. The van der Waals surface area contributed by atoms with Crippen LogP contribution in [0.2, 0.25) is 0 Å². The highest BCUT2D eigenvalue weighted by Gasteiger charge is 2.16. The van der Waals surface area contributed by atoms with Gasteiger partial charge in [-0.2, -0.15) is 0 Å². The molecule has 1 aliphatic rings. The zero-order valence-electron chi connectivity index (χ0n) is 14.8. The summed E-state index contributed by atoms with van der Waals surface area (Å²) in [5.74, 6) is 0. The first kappa shape index (κ1) is 19.0. The second-order valence-electron chi connectivity index (χ2n) is 6.98. The van der Waals surface area contributed by atoms with E-state index in [1.165, 1.54) is 103 Å². The molecule has 1 fully saturated rings. The highest BCUT2D eigenvalue weighted by molar-refractivity contribution is 4.75. The quantitative estimate of drug-likeness (QED) is 0.482. The molecule has 0 aliphatic carbocycles. The van der Waals surface area contributed by atoms with Gasteiger partial charge in [0.25, 0.3) is 0 Å². The first-order valence-corrected chi connectivity index (χ1v) is 9.79. The molecular weight excluding hydrogens is 256 g/mol. The minimum Gasteiger partial charge on any atom is -0.314 e. The number of nitrogens with one attached hydrogen (secondary N) is 1. The maximum Gasteiger partial charge on any atom is 0.0192 e. The molecule has 0 radical (unpaired) electrons. The van der Waals surface area contributed by atoms with E-state index in [-0.39, 0.29) is 0 Å². The van der Waals surface area contributed by atoms with Crippen molar-refractivity contribution >= 4 is 0 Å². The van der Waals surface area contributed by atoms with Gasteiger partial charge in [-0.3, -0.25) is 4.90 Å². The van der Waals surface area contributed by atoms with Crippen molar-refractivity contribution in [3.8, 4) is 0 Å². The molecule has 0 aromatic rings. The normalized spacial score (nSPS) is 20.0. The Kier molecular flexibility index (Phi) is 12.3. The summed E-state index contributed by atoms with van der Waals surface area (Å²) >= 11 is 0. The van der Waals surface area contributed by atoms with Crippen LogP contribution < -0.4 is 5.32 Å². The molecule has 21 heavy (non-hydrogen) atoms. The lowest BCUT2D eigenvalue weighted by Gasteiger charge is -2.33. The van der Waals surface area contributed by atoms with Gasteiger partial charge in [0.15, 0.2) is 0 Å². The van der Waals surface area contributed by atoms with Crippen LogP contribution in [-0.4, -0.2) is 37.1 Å². The lowest BCUT2D eigenvalue weighted by atomic mass is 10.1. The van der Waals surface area contributed by atoms with Crippen molar-refractivity contribution in [2.75, 3.05) is 26.2 Å². The Morgan fingerprint density at radius 3 is 1.86 bits per heavy atom. The molecular formula is C19H40N2. The van der Waals surface area contributed by atoms with Gasteiger partial charge in [0.2, 0.25) is 0 Å². The highest BCUT2D eigenvalue weighted by atomic mass is 15.2. The van der Waals surface area contributed by atoms with Gasteiger partial charge < -0.3 is 5.32 Å². The molecule has 1 saturated heterocycles. The predicted octanol–water partition coefficient (Wildman–Crippen LogP) is 4.98. The van der Waals surface area contributed by atoms with Gasteiger partial charge in [-0.1, -0.05) is 77.6 Å². The highest BCUT2D eigenvalue weighted by Crippen LogP contribution is 2.12. The van der Waals surface area contributed by atoms with Gasteiger partial charge in [-0.25, -0.2) is 0 Å². The molecule has 1 aliphatic heterocycles. The standard InChI is InChI=1S/C19H40N2/c1-3-4-5-6-7-8-9-10-11-12-13-14-16-21-17-15-20-18-19(21)2/h19-20H,3-18H2,1-2H3. The fourth-order valence-electron chi connectivity index (χ4n) is 3.37. The van der Waals surface area contributed by atoms with Crippen LogP contribution in [0.25, 0.3) is 0 Å². The van der Waals surface area contributed by atoms with Crippen LogP contribution in [0.1, 0.15) is 90.9 Å². The monoisotopic (exact) mass is 296 g/mol. The number of nitrogens with zero attached hydrogens (tertiary/aromatic N) is 1. The Morgan fingerprint density at radius 2 is 1.33 bits per heavy atom. The molecule has 0 amide bonds. The summed E-state index contributed by atoms with van der Waals surface area (Å²) in [7, 11) is 0. The van der Waals surface area contributed by atoms with E-state index in [4.69, 9.17) is 0 Å². The Hall–Kier alpha value is -0.0800. The molecule has 1 atom stereocenters. The van der Waals surface area contributed by atoms with E-state index in [9.17, 15) is 0 Å². The summed E-state index contributed by atoms with van der Waals surface area (Å²) in [6, 6.07) is 0.742. The first-order chi connectivity index (χ1) is 10.3. The second kappa shape index (κ2) is 13.6. The Morgan fingerprint density at radius 1 is 0.810 bits per heavy atom. The molecule has 0 aromatic carbocycles. The Labute approximate surface area is 134 Å². The molecule has 1 N–H and O–H groups in total. The van der Waals surface area contributed by atoms with Crippen LogP contribution in [0.5, 0.6) is 0 Å². The number of unbranched alkanes of at least 4 members (excludes halogenated alkanes) is 11. The van der Waals surface area contributed by atoms with Crippen molar-refractivity contribution in [2.24, 2.45) is 0 Å². The van der Waals surface area contributed by atoms with Gasteiger partial charge in [-0.05, 0) is 19.9 Å². The van der Waals surface area contributed by atoms with E-state index in [0.717, 1.165) is 6.04 Å². The fraction of sp³-hybridized carbons (Fsp3) is 1.00. The van der Waals surface area contributed by atoms with Crippen LogP contribution in [-0.2, 0) is 0 Å². The van der Waals surface area contributed by atoms with E-state index < -0.39 is 0 Å². The van der Waals surface area contributed by atoms with Crippen molar-refractivity contribution in [3.05, 3.63) is 0 Å².